The Bertz CT molecular complexity index is 351. The molecule has 0 atom stereocenters. The second-order valence-electron chi connectivity index (χ2n) is 2.63. The number of hydrogen-bond acceptors (Lipinski definition) is 1. The molecule has 0 amide bonds. The Labute approximate surface area is 97.6 Å². The predicted octanol–water partition coefficient (Wildman–Crippen LogP) is 3.42. The fourth-order valence-electron chi connectivity index (χ4n) is 0.967. The van der Waals surface area contributed by atoms with Crippen LogP contribution in [0.25, 0.3) is 0 Å². The van der Waals surface area contributed by atoms with Crippen LogP contribution in [0.5, 0.6) is 0 Å². The maximum atomic E-state index is 12.4. The molecule has 0 aliphatic heterocycles. The first kappa shape index (κ1) is 12.1. The fourth-order valence-corrected chi connectivity index (χ4v) is 2.17. The summed E-state index contributed by atoms with van der Waals surface area (Å²) in [5.41, 5.74) is 4.87. The van der Waals surface area contributed by atoms with Crippen LogP contribution in [0.1, 0.15) is 11.1 Å². The number of benzene rings is 1. The summed E-state index contributed by atoms with van der Waals surface area (Å²) >= 11 is 7.30. The van der Waals surface area contributed by atoms with Crippen molar-refractivity contribution in [1.82, 2.24) is 0 Å². The van der Waals surface area contributed by atoms with E-state index in [4.69, 9.17) is 17.3 Å². The minimum Gasteiger partial charge on any atom is -0.326 e. The molecule has 0 radical (unpaired) electrons. The Hall–Kier alpha value is -0.0100. The molecule has 78 valence electrons. The third-order valence-electron chi connectivity index (χ3n) is 1.66. The average Bonchev–Trinajstić information content (AvgIpc) is 2.02. The first-order valence-corrected chi connectivity index (χ1v) is 5.07. The van der Waals surface area contributed by atoms with Gasteiger partial charge in [0.05, 0.1) is 5.56 Å². The van der Waals surface area contributed by atoms with Crippen molar-refractivity contribution in [1.29, 1.82) is 0 Å². The second-order valence-corrected chi connectivity index (χ2v) is 4.19. The van der Waals surface area contributed by atoms with Crippen LogP contribution >= 0.6 is 34.2 Å². The SMILES string of the molecule is NCc1cc(C(F)(F)F)c(I)cc1Cl. The van der Waals surface area contributed by atoms with Crippen molar-refractivity contribution in [2.75, 3.05) is 0 Å². The smallest absolute Gasteiger partial charge is 0.326 e. The Morgan fingerprint density at radius 3 is 2.36 bits per heavy atom. The van der Waals surface area contributed by atoms with E-state index in [-0.39, 0.29) is 15.1 Å². The van der Waals surface area contributed by atoms with Crippen molar-refractivity contribution in [2.45, 2.75) is 12.7 Å². The van der Waals surface area contributed by atoms with E-state index in [2.05, 4.69) is 0 Å². The predicted molar refractivity (Wildman–Crippen MR) is 57.1 cm³/mol. The van der Waals surface area contributed by atoms with Gasteiger partial charge in [-0.1, -0.05) is 11.6 Å². The van der Waals surface area contributed by atoms with E-state index in [1.807, 2.05) is 0 Å². The first-order chi connectivity index (χ1) is 6.36. The summed E-state index contributed by atoms with van der Waals surface area (Å²) in [6, 6.07) is 2.26. The van der Waals surface area contributed by atoms with Gasteiger partial charge in [-0.3, -0.25) is 0 Å². The molecular weight excluding hydrogens is 329 g/mol. The topological polar surface area (TPSA) is 26.0 Å². The van der Waals surface area contributed by atoms with Crippen LogP contribution in [0.3, 0.4) is 0 Å². The summed E-state index contributed by atoms with van der Waals surface area (Å²) in [5.74, 6) is 0. The van der Waals surface area contributed by atoms with Gasteiger partial charge >= 0.3 is 6.18 Å². The summed E-state index contributed by atoms with van der Waals surface area (Å²) in [5, 5.41) is 0.268. The van der Waals surface area contributed by atoms with Crippen LogP contribution in [0.15, 0.2) is 12.1 Å². The third kappa shape index (κ3) is 2.52. The van der Waals surface area contributed by atoms with Gasteiger partial charge in [-0.2, -0.15) is 13.2 Å². The Balaban J connectivity index is 3.32. The molecule has 0 spiro atoms. The fraction of sp³-hybridized carbons (Fsp3) is 0.250. The zero-order chi connectivity index (χ0) is 10.9. The first-order valence-electron chi connectivity index (χ1n) is 3.61. The van der Waals surface area contributed by atoms with Gasteiger partial charge in [-0.25, -0.2) is 0 Å². The molecule has 2 N–H and O–H groups in total. The summed E-state index contributed by atoms with van der Waals surface area (Å²) in [6.45, 7) is -0.00116. The van der Waals surface area contributed by atoms with E-state index >= 15 is 0 Å². The lowest BCUT2D eigenvalue weighted by atomic mass is 10.1. The van der Waals surface area contributed by atoms with Gasteiger partial charge in [-0.15, -0.1) is 0 Å². The van der Waals surface area contributed by atoms with Gasteiger partial charge < -0.3 is 5.73 Å². The van der Waals surface area contributed by atoms with Gasteiger partial charge in [0.25, 0.3) is 0 Å². The minimum atomic E-state index is -4.36. The van der Waals surface area contributed by atoms with Gasteiger partial charge in [0.1, 0.15) is 0 Å². The van der Waals surface area contributed by atoms with E-state index < -0.39 is 11.7 Å². The lowest BCUT2D eigenvalue weighted by Gasteiger charge is -2.11. The molecule has 0 saturated heterocycles. The maximum Gasteiger partial charge on any atom is 0.417 e. The summed E-state index contributed by atoms with van der Waals surface area (Å²) in [7, 11) is 0. The lowest BCUT2D eigenvalue weighted by Crippen LogP contribution is -2.09. The molecule has 0 aliphatic carbocycles. The molecule has 0 saturated carbocycles. The van der Waals surface area contributed by atoms with Crippen molar-refractivity contribution in [2.24, 2.45) is 5.73 Å². The standard InChI is InChI=1S/C8H6ClF3IN/c9-6-2-7(13)5(8(10,11)12)1-4(6)3-14/h1-2H,3,14H2. The Morgan fingerprint density at radius 2 is 1.93 bits per heavy atom. The van der Waals surface area contributed by atoms with E-state index in [0.717, 1.165) is 6.07 Å². The molecule has 0 unspecified atom stereocenters. The number of halogens is 5. The zero-order valence-corrected chi connectivity index (χ0v) is 9.74. The second kappa shape index (κ2) is 4.24. The molecule has 0 aliphatic rings. The van der Waals surface area contributed by atoms with Crippen LogP contribution < -0.4 is 5.73 Å². The largest absolute Gasteiger partial charge is 0.417 e. The van der Waals surface area contributed by atoms with Crippen molar-refractivity contribution in [3.05, 3.63) is 31.9 Å². The minimum absolute atomic E-state index is 0.00116. The van der Waals surface area contributed by atoms with E-state index in [0.29, 0.717) is 5.56 Å². The molecule has 1 rings (SSSR count). The van der Waals surface area contributed by atoms with Crippen molar-refractivity contribution >= 4 is 34.2 Å². The summed E-state index contributed by atoms with van der Waals surface area (Å²) in [6.07, 6.45) is -4.36. The van der Waals surface area contributed by atoms with Gasteiger partial charge in [0.15, 0.2) is 0 Å². The van der Waals surface area contributed by atoms with Gasteiger partial charge in [0.2, 0.25) is 0 Å². The summed E-state index contributed by atoms with van der Waals surface area (Å²) in [4.78, 5) is 0. The monoisotopic (exact) mass is 335 g/mol. The summed E-state index contributed by atoms with van der Waals surface area (Å²) < 4.78 is 37.3. The number of rotatable bonds is 1. The Morgan fingerprint density at radius 1 is 1.36 bits per heavy atom. The Kier molecular flexibility index (Phi) is 3.65. The number of hydrogen-bond donors (Lipinski definition) is 1. The highest BCUT2D eigenvalue weighted by atomic mass is 127. The van der Waals surface area contributed by atoms with Crippen LogP contribution in [0.4, 0.5) is 13.2 Å². The molecule has 0 fully saturated rings. The molecule has 6 heteroatoms. The highest BCUT2D eigenvalue weighted by Gasteiger charge is 2.33. The van der Waals surface area contributed by atoms with Gasteiger partial charge in [-0.05, 0) is 40.3 Å². The molecule has 1 aromatic carbocycles. The van der Waals surface area contributed by atoms with Crippen molar-refractivity contribution < 1.29 is 13.2 Å². The van der Waals surface area contributed by atoms with E-state index in [9.17, 15) is 13.2 Å². The van der Waals surface area contributed by atoms with E-state index in [1.165, 1.54) is 6.07 Å². The average molecular weight is 335 g/mol. The third-order valence-corrected chi connectivity index (χ3v) is 2.91. The molecular formula is C8H6ClF3IN. The zero-order valence-electron chi connectivity index (χ0n) is 6.83. The lowest BCUT2D eigenvalue weighted by molar-refractivity contribution is -0.138. The van der Waals surface area contributed by atoms with Crippen molar-refractivity contribution in [3.8, 4) is 0 Å². The molecule has 1 nitrogen and oxygen atoms in total. The molecule has 0 bridgehead atoms. The van der Waals surface area contributed by atoms with Crippen LogP contribution in [-0.2, 0) is 12.7 Å². The molecule has 0 aromatic heterocycles. The molecule has 14 heavy (non-hydrogen) atoms. The van der Waals surface area contributed by atoms with E-state index in [1.54, 1.807) is 22.6 Å². The highest BCUT2D eigenvalue weighted by molar-refractivity contribution is 14.1. The van der Waals surface area contributed by atoms with Crippen LogP contribution in [0, 0.1) is 3.57 Å². The maximum absolute atomic E-state index is 12.4. The number of nitrogens with two attached hydrogens (primary N) is 1. The van der Waals surface area contributed by atoms with Crippen LogP contribution in [0.2, 0.25) is 5.02 Å². The molecule has 0 heterocycles. The van der Waals surface area contributed by atoms with Crippen molar-refractivity contribution in [3.63, 3.8) is 0 Å². The van der Waals surface area contributed by atoms with Crippen LogP contribution in [-0.4, -0.2) is 0 Å². The quantitative estimate of drug-likeness (QED) is 0.782. The highest BCUT2D eigenvalue weighted by Crippen LogP contribution is 2.35. The number of alkyl halides is 3. The van der Waals surface area contributed by atoms with Gasteiger partial charge in [0, 0.05) is 15.1 Å². The molecule has 1 aromatic rings. The normalized spacial score (nSPS) is 11.9.